The second-order valence-corrected chi connectivity index (χ2v) is 18.2. The first kappa shape index (κ1) is 39.3. The van der Waals surface area contributed by atoms with E-state index in [0.29, 0.717) is 25.2 Å². The summed E-state index contributed by atoms with van der Waals surface area (Å²) >= 11 is 0. The van der Waals surface area contributed by atoms with Crippen LogP contribution in [0, 0.1) is 32.1 Å². The Labute approximate surface area is 306 Å². The average Bonchev–Trinajstić information content (AvgIpc) is 3.38. The fraction of sp³-hybridized carbons (Fsp3) is 0.486. The highest BCUT2D eigenvalue weighted by Gasteiger charge is 2.61. The molecule has 3 heterocycles. The van der Waals surface area contributed by atoms with Crippen LogP contribution in [0.1, 0.15) is 55.3 Å². The lowest BCUT2D eigenvalue weighted by molar-refractivity contribution is -0.385. The fourth-order valence-corrected chi connectivity index (χ4v) is 10.2. The molecule has 0 radical (unpaired) electrons. The molecule has 5 rings (SSSR count). The van der Waals surface area contributed by atoms with Crippen LogP contribution in [0.3, 0.4) is 0 Å². The second kappa shape index (κ2) is 16.4. The van der Waals surface area contributed by atoms with E-state index in [0.717, 1.165) is 30.3 Å². The van der Waals surface area contributed by atoms with Crippen molar-refractivity contribution in [3.05, 3.63) is 91.2 Å². The number of likely N-dealkylation sites (tertiary alicyclic amines) is 1. The van der Waals surface area contributed by atoms with Gasteiger partial charge in [0.1, 0.15) is 12.4 Å². The number of rotatable bonds is 17. The number of non-ortho nitro benzene ring substituents is 2. The number of esters is 2. The molecule has 284 valence electrons. The van der Waals surface area contributed by atoms with Gasteiger partial charge in [-0.3, -0.25) is 40.1 Å². The average molecular weight is 754 g/mol. The maximum absolute atomic E-state index is 13.8. The number of nitrogens with zero attached hydrogens (tertiary/aromatic N) is 4. The van der Waals surface area contributed by atoms with E-state index >= 15 is 0 Å². The molecule has 18 heteroatoms. The lowest BCUT2D eigenvalue weighted by atomic mass is 9.77. The summed E-state index contributed by atoms with van der Waals surface area (Å²) in [7, 11) is -2.06. The van der Waals surface area contributed by atoms with Gasteiger partial charge in [0.05, 0.1) is 39.0 Å². The zero-order valence-electron chi connectivity index (χ0n) is 30.1. The first-order chi connectivity index (χ1) is 25.2. The largest absolute Gasteiger partial charge is 0.413 e. The second-order valence-electron chi connectivity index (χ2n) is 13.5. The predicted molar refractivity (Wildman–Crippen MR) is 189 cm³/mol. The minimum atomic E-state index is -2.06. The number of nitro benzene ring substituents is 2. The zero-order chi connectivity index (χ0) is 38.6. The number of hydrogen-bond acceptors (Lipinski definition) is 14. The Morgan fingerprint density at radius 3 is 1.92 bits per heavy atom. The van der Waals surface area contributed by atoms with Gasteiger partial charge in [0.25, 0.3) is 11.4 Å². The maximum atomic E-state index is 13.8. The van der Waals surface area contributed by atoms with Crippen molar-refractivity contribution in [1.29, 1.82) is 0 Å². The van der Waals surface area contributed by atoms with Crippen molar-refractivity contribution in [3.63, 3.8) is 0 Å². The molecule has 2 saturated heterocycles. The molecule has 2 fully saturated rings. The van der Waals surface area contributed by atoms with Gasteiger partial charge in [0.15, 0.2) is 8.32 Å². The van der Waals surface area contributed by atoms with Crippen LogP contribution in [0.15, 0.2) is 59.8 Å². The molecule has 0 aliphatic carbocycles. The summed E-state index contributed by atoms with van der Waals surface area (Å²) in [6.07, 6.45) is -0.372. The van der Waals surface area contributed by atoms with Gasteiger partial charge in [0.2, 0.25) is 5.91 Å². The summed E-state index contributed by atoms with van der Waals surface area (Å²) in [5, 5.41) is 25.0. The molecular formula is C35H43N5O12Si. The lowest BCUT2D eigenvalue weighted by Gasteiger charge is -2.49. The van der Waals surface area contributed by atoms with Crippen molar-refractivity contribution in [3.8, 4) is 0 Å². The number of β-lactam (4-membered cyclic amide) rings is 1. The van der Waals surface area contributed by atoms with E-state index in [1.54, 1.807) is 0 Å². The first-order valence-electron chi connectivity index (χ1n) is 17.5. The van der Waals surface area contributed by atoms with Crippen molar-refractivity contribution < 1.29 is 48.0 Å². The van der Waals surface area contributed by atoms with E-state index in [-0.39, 0.29) is 64.9 Å². The summed E-state index contributed by atoms with van der Waals surface area (Å²) in [5.74, 6) is -3.79. The quantitative estimate of drug-likeness (QED) is 0.0274. The smallest absolute Gasteiger partial charge is 0.373 e. The Kier molecular flexibility index (Phi) is 12.2. The lowest BCUT2D eigenvalue weighted by Crippen LogP contribution is -2.65. The third-order valence-corrected chi connectivity index (χ3v) is 15.3. The highest BCUT2D eigenvalue weighted by molar-refractivity contribution is 6.73. The van der Waals surface area contributed by atoms with Crippen LogP contribution >= 0.6 is 0 Å². The van der Waals surface area contributed by atoms with Crippen LogP contribution in [0.4, 0.5) is 11.4 Å². The van der Waals surface area contributed by atoms with Crippen molar-refractivity contribution in [2.24, 2.45) is 11.8 Å². The zero-order valence-corrected chi connectivity index (χ0v) is 31.1. The number of nitro groups is 2. The highest BCUT2D eigenvalue weighted by Crippen LogP contribution is 2.49. The summed E-state index contributed by atoms with van der Waals surface area (Å²) in [4.78, 5) is 86.7. The molecule has 0 spiro atoms. The van der Waals surface area contributed by atoms with E-state index in [2.05, 4.69) is 26.1 Å². The summed E-state index contributed by atoms with van der Waals surface area (Å²) in [6, 6.07) is 11.9. The van der Waals surface area contributed by atoms with Gasteiger partial charge < -0.3 is 14.1 Å². The van der Waals surface area contributed by atoms with Gasteiger partial charge in [-0.2, -0.15) is 4.89 Å². The molecule has 1 amide bonds. The summed E-state index contributed by atoms with van der Waals surface area (Å²) in [6.45, 7) is 11.5. The number of fused-ring (bicyclic) bond motifs is 1. The number of hydrogen-bond donors (Lipinski definition) is 1. The number of ether oxygens (including phenoxy) is 1. The third-order valence-electron chi connectivity index (χ3n) is 10.6. The number of benzene rings is 2. The molecular weight excluding hydrogens is 710 g/mol. The number of nitrogens with one attached hydrogen (secondary N) is 1. The van der Waals surface area contributed by atoms with Crippen LogP contribution < -0.4 is 5.32 Å². The fourth-order valence-electron chi connectivity index (χ4n) is 7.28. The Hall–Kier alpha value is -4.88. The minimum absolute atomic E-state index is 0.0223. The van der Waals surface area contributed by atoms with Gasteiger partial charge in [0, 0.05) is 55.9 Å². The molecule has 1 N–H and O–H groups in total. The van der Waals surface area contributed by atoms with E-state index < -0.39 is 42.0 Å². The maximum Gasteiger partial charge on any atom is 0.373 e. The molecule has 53 heavy (non-hydrogen) atoms. The normalized spacial score (nSPS) is 20.7. The van der Waals surface area contributed by atoms with Gasteiger partial charge in [-0.25, -0.2) is 14.4 Å². The van der Waals surface area contributed by atoms with Gasteiger partial charge in [-0.15, -0.1) is 0 Å². The minimum Gasteiger partial charge on any atom is -0.413 e. The van der Waals surface area contributed by atoms with Gasteiger partial charge >= 0.3 is 17.9 Å². The molecule has 2 aromatic carbocycles. The Balaban J connectivity index is 1.23. The van der Waals surface area contributed by atoms with Crippen LogP contribution in [0.25, 0.3) is 0 Å². The van der Waals surface area contributed by atoms with Crippen LogP contribution in [0.2, 0.25) is 18.1 Å². The van der Waals surface area contributed by atoms with Crippen LogP contribution in [-0.4, -0.2) is 96.3 Å². The SMILES string of the molecule is CC[Si](CC)(CC)OC(C)[C@H]1C(=O)N2C(C(=O)OC(=O)c3ccc([N+](=O)[O-])cc3)=C(CN3CC(NCOOC(=O)c4ccc([N+](=O)[O-])cc4)C3)[C@H](C)[C@H]12. The van der Waals surface area contributed by atoms with E-state index in [9.17, 15) is 39.4 Å². The van der Waals surface area contributed by atoms with Crippen molar-refractivity contribution in [2.45, 2.75) is 70.9 Å². The van der Waals surface area contributed by atoms with Crippen LogP contribution in [0.5, 0.6) is 0 Å². The Bertz CT molecular complexity index is 1770. The number of carbonyl (C=O) groups is 4. The van der Waals surface area contributed by atoms with Gasteiger partial charge in [-0.1, -0.05) is 27.7 Å². The molecule has 1 unspecified atom stereocenters. The molecule has 0 saturated carbocycles. The molecule has 3 aliphatic rings. The van der Waals surface area contributed by atoms with Crippen molar-refractivity contribution >= 4 is 43.5 Å². The molecule has 17 nitrogen and oxygen atoms in total. The van der Waals surface area contributed by atoms with Gasteiger partial charge in [-0.05, 0) is 54.9 Å². The standard InChI is InChI=1S/C35H43N5O12Si/c1-6-53(7-2,8-3)52-22(5)29-30-21(4)28(31(38(30)32(29)41)35(44)50-33(42)23-9-13-26(14-10-23)39(45)46)19-37-17-25(18-37)36-20-49-51-34(43)24-11-15-27(16-12-24)40(47)48/h9-16,21-22,25,29-30,36H,6-8,17-20H2,1-5H3/t21-,22?,29+,30+/m0/s1. The number of amides is 1. The number of carbonyl (C=O) groups excluding carboxylic acids is 4. The molecule has 2 aromatic rings. The monoisotopic (exact) mass is 753 g/mol. The van der Waals surface area contributed by atoms with Crippen molar-refractivity contribution in [1.82, 2.24) is 15.1 Å². The van der Waals surface area contributed by atoms with E-state index in [1.807, 2.05) is 18.7 Å². The first-order valence-corrected chi connectivity index (χ1v) is 20.1. The summed E-state index contributed by atoms with van der Waals surface area (Å²) in [5.41, 5.74) is 0.315. The van der Waals surface area contributed by atoms with Crippen molar-refractivity contribution in [2.75, 3.05) is 26.4 Å². The van der Waals surface area contributed by atoms with Crippen LogP contribution in [-0.2, 0) is 28.5 Å². The molecule has 4 atom stereocenters. The van der Waals surface area contributed by atoms with E-state index in [4.69, 9.17) is 18.9 Å². The molecule has 0 bridgehead atoms. The Morgan fingerprint density at radius 1 is 0.887 bits per heavy atom. The molecule has 3 aliphatic heterocycles. The third kappa shape index (κ3) is 8.20. The molecule has 0 aromatic heterocycles. The van der Waals surface area contributed by atoms with E-state index in [1.165, 1.54) is 41.3 Å². The topological polar surface area (TPSA) is 210 Å². The summed E-state index contributed by atoms with van der Waals surface area (Å²) < 4.78 is 12.0. The predicted octanol–water partition coefficient (Wildman–Crippen LogP) is 4.35. The Morgan fingerprint density at radius 2 is 1.42 bits per heavy atom. The highest BCUT2D eigenvalue weighted by atomic mass is 28.4.